The van der Waals surface area contributed by atoms with E-state index in [1.165, 1.54) is 0 Å². The minimum absolute atomic E-state index is 0.0794. The number of esters is 1. The van der Waals surface area contributed by atoms with Crippen molar-refractivity contribution in [3.63, 3.8) is 0 Å². The molecular weight excluding hydrogens is 242 g/mol. The highest BCUT2D eigenvalue weighted by Gasteiger charge is 2.53. The van der Waals surface area contributed by atoms with Crippen LogP contribution >= 0.6 is 0 Å². The third-order valence-corrected chi connectivity index (χ3v) is 3.92. The fourth-order valence-corrected chi connectivity index (χ4v) is 2.97. The molecule has 4 nitrogen and oxygen atoms in total. The van der Waals surface area contributed by atoms with Gasteiger partial charge >= 0.3 is 5.97 Å². The van der Waals surface area contributed by atoms with Gasteiger partial charge in [0.05, 0.1) is 24.2 Å². The summed E-state index contributed by atoms with van der Waals surface area (Å²) in [4.78, 5) is 12.1. The Morgan fingerprint density at radius 1 is 1.32 bits per heavy atom. The Morgan fingerprint density at radius 3 is 2.79 bits per heavy atom. The highest BCUT2D eigenvalue weighted by molar-refractivity contribution is 5.74. The van der Waals surface area contributed by atoms with Gasteiger partial charge in [0.2, 0.25) is 0 Å². The van der Waals surface area contributed by atoms with Crippen LogP contribution in [0, 0.1) is 23.2 Å². The summed E-state index contributed by atoms with van der Waals surface area (Å²) in [7, 11) is 0. The third kappa shape index (κ3) is 2.22. The fraction of sp³-hybridized carbons (Fsp3) is 0.467. The van der Waals surface area contributed by atoms with Crippen LogP contribution in [-0.2, 0) is 20.9 Å². The van der Waals surface area contributed by atoms with Gasteiger partial charge in [-0.2, -0.15) is 5.26 Å². The Morgan fingerprint density at radius 2 is 2.05 bits per heavy atom. The molecule has 0 radical (unpaired) electrons. The van der Waals surface area contributed by atoms with Crippen molar-refractivity contribution in [3.8, 4) is 6.07 Å². The molecule has 0 amide bonds. The van der Waals surface area contributed by atoms with Crippen LogP contribution in [0.5, 0.6) is 0 Å². The minimum Gasteiger partial charge on any atom is -0.460 e. The predicted molar refractivity (Wildman–Crippen MR) is 66.7 cm³/mol. The molecule has 1 aromatic carbocycles. The maximum Gasteiger partial charge on any atom is 0.313 e. The van der Waals surface area contributed by atoms with Gasteiger partial charge in [-0.1, -0.05) is 30.3 Å². The van der Waals surface area contributed by atoms with Gasteiger partial charge in [0.15, 0.2) is 0 Å². The van der Waals surface area contributed by atoms with E-state index < -0.39 is 5.92 Å². The second-order valence-electron chi connectivity index (χ2n) is 5.06. The monoisotopic (exact) mass is 257 g/mol. The second-order valence-corrected chi connectivity index (χ2v) is 5.06. The molecule has 2 aliphatic heterocycles. The predicted octanol–water partition coefficient (Wildman–Crippen LogP) is 2.05. The molecule has 0 saturated carbocycles. The molecule has 98 valence electrons. The van der Waals surface area contributed by atoms with Gasteiger partial charge in [-0.25, -0.2) is 0 Å². The van der Waals surface area contributed by atoms with Gasteiger partial charge in [0, 0.05) is 0 Å². The molecule has 19 heavy (non-hydrogen) atoms. The molecule has 2 heterocycles. The van der Waals surface area contributed by atoms with Crippen LogP contribution in [0.15, 0.2) is 30.3 Å². The lowest BCUT2D eigenvalue weighted by molar-refractivity contribution is -0.152. The molecule has 0 aromatic heterocycles. The van der Waals surface area contributed by atoms with Crippen LogP contribution < -0.4 is 0 Å². The van der Waals surface area contributed by atoms with Crippen molar-refractivity contribution in [1.82, 2.24) is 0 Å². The second kappa shape index (κ2) is 5.02. The van der Waals surface area contributed by atoms with E-state index in [9.17, 15) is 4.79 Å². The number of carbonyl (C=O) groups is 1. The molecule has 1 aromatic rings. The summed E-state index contributed by atoms with van der Waals surface area (Å²) in [6.45, 7) is 0.256. The largest absolute Gasteiger partial charge is 0.460 e. The van der Waals surface area contributed by atoms with Crippen molar-refractivity contribution in [3.05, 3.63) is 35.9 Å². The number of ether oxygens (including phenoxy) is 2. The van der Waals surface area contributed by atoms with Gasteiger partial charge < -0.3 is 9.47 Å². The smallest absolute Gasteiger partial charge is 0.313 e. The Hall–Kier alpha value is -1.86. The van der Waals surface area contributed by atoms with E-state index >= 15 is 0 Å². The van der Waals surface area contributed by atoms with E-state index in [2.05, 4.69) is 6.07 Å². The molecule has 2 fully saturated rings. The summed E-state index contributed by atoms with van der Waals surface area (Å²) < 4.78 is 11.0. The average molecular weight is 257 g/mol. The molecule has 3 rings (SSSR count). The molecule has 0 aliphatic carbocycles. The molecule has 4 heteroatoms. The van der Waals surface area contributed by atoms with Crippen LogP contribution in [0.4, 0.5) is 0 Å². The normalized spacial score (nSPS) is 31.9. The summed E-state index contributed by atoms with van der Waals surface area (Å²) in [5, 5.41) is 9.15. The average Bonchev–Trinajstić information content (AvgIpc) is 3.06. The number of hydrogen-bond acceptors (Lipinski definition) is 4. The zero-order valence-electron chi connectivity index (χ0n) is 10.5. The van der Waals surface area contributed by atoms with Gasteiger partial charge in [-0.3, -0.25) is 4.79 Å². The first-order valence-electron chi connectivity index (χ1n) is 6.55. The molecule has 2 aliphatic rings. The highest BCUT2D eigenvalue weighted by atomic mass is 16.5. The van der Waals surface area contributed by atoms with Crippen molar-refractivity contribution in [2.45, 2.75) is 31.7 Å². The Kier molecular flexibility index (Phi) is 3.22. The van der Waals surface area contributed by atoms with Gasteiger partial charge in [-0.05, 0) is 18.4 Å². The van der Waals surface area contributed by atoms with Crippen LogP contribution in [0.25, 0.3) is 0 Å². The number of nitrogens with zero attached hydrogens (tertiary/aromatic N) is 1. The Bertz CT molecular complexity index is 508. The number of rotatable bonds is 3. The summed E-state index contributed by atoms with van der Waals surface area (Å²) >= 11 is 0. The number of hydrogen-bond donors (Lipinski definition) is 0. The van der Waals surface area contributed by atoms with Crippen LogP contribution in [0.3, 0.4) is 0 Å². The Balaban J connectivity index is 1.63. The van der Waals surface area contributed by atoms with E-state index in [0.29, 0.717) is 0 Å². The number of benzene rings is 1. The number of carbonyl (C=O) groups excluding carboxylic acids is 1. The highest BCUT2D eigenvalue weighted by Crippen LogP contribution is 2.43. The molecular formula is C15H15NO3. The fourth-order valence-electron chi connectivity index (χ4n) is 2.97. The van der Waals surface area contributed by atoms with E-state index in [0.717, 1.165) is 18.4 Å². The lowest BCUT2D eigenvalue weighted by atomic mass is 9.80. The van der Waals surface area contributed by atoms with Crippen molar-refractivity contribution < 1.29 is 14.3 Å². The topological polar surface area (TPSA) is 59.3 Å². The van der Waals surface area contributed by atoms with E-state index in [4.69, 9.17) is 14.7 Å². The van der Waals surface area contributed by atoms with Gasteiger partial charge in [-0.15, -0.1) is 0 Å². The van der Waals surface area contributed by atoms with Gasteiger partial charge in [0.25, 0.3) is 0 Å². The molecule has 0 spiro atoms. The van der Waals surface area contributed by atoms with Gasteiger partial charge in [0.1, 0.15) is 12.5 Å². The Labute approximate surface area is 111 Å². The van der Waals surface area contributed by atoms with Crippen LogP contribution in [-0.4, -0.2) is 18.2 Å². The third-order valence-electron chi connectivity index (χ3n) is 3.92. The zero-order chi connectivity index (χ0) is 13.2. The molecule has 4 atom stereocenters. The summed E-state index contributed by atoms with van der Waals surface area (Å²) in [5.74, 6) is -1.06. The number of nitriles is 1. The lowest BCUT2D eigenvalue weighted by Gasteiger charge is -2.21. The molecule has 0 N–H and O–H groups in total. The van der Waals surface area contributed by atoms with Crippen molar-refractivity contribution in [2.75, 3.05) is 0 Å². The first-order chi connectivity index (χ1) is 9.29. The first kappa shape index (κ1) is 12.2. The van der Waals surface area contributed by atoms with E-state index in [1.54, 1.807) is 0 Å². The van der Waals surface area contributed by atoms with Crippen LogP contribution in [0.2, 0.25) is 0 Å². The van der Waals surface area contributed by atoms with E-state index in [-0.39, 0.29) is 30.7 Å². The van der Waals surface area contributed by atoms with E-state index in [1.807, 2.05) is 30.3 Å². The molecule has 4 unspecified atom stereocenters. The molecule has 2 saturated heterocycles. The number of fused-ring (bicyclic) bond motifs is 2. The quantitative estimate of drug-likeness (QED) is 0.777. The van der Waals surface area contributed by atoms with Crippen molar-refractivity contribution in [2.24, 2.45) is 11.8 Å². The van der Waals surface area contributed by atoms with Crippen LogP contribution in [0.1, 0.15) is 18.4 Å². The lowest BCUT2D eigenvalue weighted by Crippen LogP contribution is -2.34. The zero-order valence-corrected chi connectivity index (χ0v) is 10.5. The van der Waals surface area contributed by atoms with Crippen molar-refractivity contribution >= 4 is 5.97 Å². The maximum atomic E-state index is 12.1. The summed E-state index contributed by atoms with van der Waals surface area (Å²) in [6, 6.07) is 11.7. The standard InChI is InChI=1S/C15H15NO3/c16-8-11-12-6-7-13(19-12)14(11)15(17)18-9-10-4-2-1-3-5-10/h1-5,11-14H,6-7,9H2. The maximum absolute atomic E-state index is 12.1. The summed E-state index contributed by atoms with van der Waals surface area (Å²) in [5.41, 5.74) is 0.952. The molecule has 2 bridgehead atoms. The minimum atomic E-state index is -0.410. The summed E-state index contributed by atoms with van der Waals surface area (Å²) in [6.07, 6.45) is 1.53. The SMILES string of the molecule is N#CC1C2CCC(O2)C1C(=O)OCc1ccccc1. The first-order valence-corrected chi connectivity index (χ1v) is 6.55. The van der Waals surface area contributed by atoms with Crippen molar-refractivity contribution in [1.29, 1.82) is 5.26 Å².